The lowest BCUT2D eigenvalue weighted by molar-refractivity contribution is -0.384. The van der Waals surface area contributed by atoms with Crippen LogP contribution < -0.4 is 0 Å². The fourth-order valence-electron chi connectivity index (χ4n) is 3.66. The number of hydrogen-bond acceptors (Lipinski definition) is 6. The highest BCUT2D eigenvalue weighted by Crippen LogP contribution is 2.29. The van der Waals surface area contributed by atoms with Crippen LogP contribution in [0.4, 0.5) is 5.69 Å². The molecule has 1 aromatic heterocycles. The first kappa shape index (κ1) is 20.6. The van der Waals surface area contributed by atoms with E-state index in [9.17, 15) is 14.9 Å². The number of benzene rings is 2. The lowest BCUT2D eigenvalue weighted by Crippen LogP contribution is -2.47. The van der Waals surface area contributed by atoms with Crippen molar-refractivity contribution in [3.8, 4) is 22.6 Å². The third-order valence-corrected chi connectivity index (χ3v) is 5.48. The molecule has 0 aliphatic carbocycles. The van der Waals surface area contributed by atoms with Crippen LogP contribution in [0, 0.1) is 17.0 Å². The Morgan fingerprint density at radius 1 is 0.935 bits per heavy atom. The quantitative estimate of drug-likeness (QED) is 0.477. The van der Waals surface area contributed by atoms with E-state index in [1.54, 1.807) is 12.1 Å². The third-order valence-electron chi connectivity index (χ3n) is 5.48. The Bertz CT molecular complexity index is 1110. The number of non-ortho nitro benzene ring substituents is 1. The Balaban J connectivity index is 1.83. The van der Waals surface area contributed by atoms with Gasteiger partial charge in [-0.3, -0.25) is 14.9 Å². The van der Waals surface area contributed by atoms with E-state index in [0.29, 0.717) is 41.4 Å². The second-order valence-electron chi connectivity index (χ2n) is 7.62. The summed E-state index contributed by atoms with van der Waals surface area (Å²) in [7, 11) is 2.03. The Labute approximate surface area is 180 Å². The van der Waals surface area contributed by atoms with E-state index in [2.05, 4.69) is 9.88 Å². The van der Waals surface area contributed by atoms with Gasteiger partial charge in [-0.1, -0.05) is 30.3 Å². The summed E-state index contributed by atoms with van der Waals surface area (Å²) in [4.78, 5) is 37.5. The van der Waals surface area contributed by atoms with Gasteiger partial charge < -0.3 is 9.80 Å². The molecule has 0 radical (unpaired) electrons. The zero-order valence-corrected chi connectivity index (χ0v) is 17.5. The number of rotatable bonds is 4. The molecule has 31 heavy (non-hydrogen) atoms. The Morgan fingerprint density at radius 2 is 1.58 bits per heavy atom. The Morgan fingerprint density at radius 3 is 2.19 bits per heavy atom. The number of piperazine rings is 1. The average Bonchev–Trinajstić information content (AvgIpc) is 2.79. The van der Waals surface area contributed by atoms with Crippen molar-refractivity contribution >= 4 is 11.6 Å². The SMILES string of the molecule is Cc1nc(-c2ccccc2)nc(-c2ccc([N+](=O)[O-])cc2)c1C(=O)N1CCN(C)CC1. The van der Waals surface area contributed by atoms with Gasteiger partial charge in [-0.25, -0.2) is 9.97 Å². The van der Waals surface area contributed by atoms with Crippen molar-refractivity contribution < 1.29 is 9.72 Å². The van der Waals surface area contributed by atoms with Crippen molar-refractivity contribution in [3.05, 3.63) is 76.0 Å². The highest BCUT2D eigenvalue weighted by molar-refractivity contribution is 6.01. The van der Waals surface area contributed by atoms with Gasteiger partial charge in [-0.05, 0) is 26.1 Å². The smallest absolute Gasteiger partial charge is 0.269 e. The molecule has 2 aromatic carbocycles. The molecule has 4 rings (SSSR count). The maximum absolute atomic E-state index is 13.5. The summed E-state index contributed by atoms with van der Waals surface area (Å²) in [5, 5.41) is 11.1. The van der Waals surface area contributed by atoms with Gasteiger partial charge in [0.25, 0.3) is 11.6 Å². The molecule has 8 nitrogen and oxygen atoms in total. The summed E-state index contributed by atoms with van der Waals surface area (Å²) >= 11 is 0. The first-order chi connectivity index (χ1) is 14.9. The fraction of sp³-hybridized carbons (Fsp3) is 0.261. The number of carbonyl (C=O) groups excluding carboxylic acids is 1. The molecule has 1 aliphatic heterocycles. The zero-order valence-electron chi connectivity index (χ0n) is 17.5. The topological polar surface area (TPSA) is 92.5 Å². The molecule has 0 atom stereocenters. The van der Waals surface area contributed by atoms with Crippen LogP contribution >= 0.6 is 0 Å². The minimum absolute atomic E-state index is 0.00949. The monoisotopic (exact) mass is 417 g/mol. The summed E-state index contributed by atoms with van der Waals surface area (Å²) in [6.07, 6.45) is 0. The normalized spacial score (nSPS) is 14.5. The summed E-state index contributed by atoms with van der Waals surface area (Å²) in [5.74, 6) is 0.403. The van der Waals surface area contributed by atoms with Crippen molar-refractivity contribution in [2.75, 3.05) is 33.2 Å². The van der Waals surface area contributed by atoms with E-state index < -0.39 is 4.92 Å². The first-order valence-electron chi connectivity index (χ1n) is 10.1. The van der Waals surface area contributed by atoms with E-state index >= 15 is 0 Å². The van der Waals surface area contributed by atoms with Crippen LogP contribution in [0.2, 0.25) is 0 Å². The number of aryl methyl sites for hydroxylation is 1. The van der Waals surface area contributed by atoms with Crippen molar-refractivity contribution in [1.29, 1.82) is 0 Å². The lowest BCUT2D eigenvalue weighted by Gasteiger charge is -2.33. The summed E-state index contributed by atoms with van der Waals surface area (Å²) < 4.78 is 0. The molecule has 0 bridgehead atoms. The molecule has 0 unspecified atom stereocenters. The van der Waals surface area contributed by atoms with Gasteiger partial charge >= 0.3 is 0 Å². The number of nitrogens with zero attached hydrogens (tertiary/aromatic N) is 5. The summed E-state index contributed by atoms with van der Waals surface area (Å²) in [6.45, 7) is 4.69. The van der Waals surface area contributed by atoms with E-state index in [4.69, 9.17) is 4.98 Å². The second-order valence-corrected chi connectivity index (χ2v) is 7.62. The summed E-state index contributed by atoms with van der Waals surface area (Å²) in [5.41, 5.74) is 3.00. The van der Waals surface area contributed by atoms with E-state index in [0.717, 1.165) is 18.7 Å². The number of amides is 1. The van der Waals surface area contributed by atoms with Crippen LogP contribution in [0.25, 0.3) is 22.6 Å². The summed E-state index contributed by atoms with van der Waals surface area (Å²) in [6, 6.07) is 15.7. The number of nitro benzene ring substituents is 1. The van der Waals surface area contributed by atoms with Crippen molar-refractivity contribution in [1.82, 2.24) is 19.8 Å². The number of likely N-dealkylation sites (N-methyl/N-ethyl adjacent to an activating group) is 1. The van der Waals surface area contributed by atoms with Gasteiger partial charge in [-0.15, -0.1) is 0 Å². The van der Waals surface area contributed by atoms with Crippen LogP contribution in [0.5, 0.6) is 0 Å². The first-order valence-corrected chi connectivity index (χ1v) is 10.1. The fourth-order valence-corrected chi connectivity index (χ4v) is 3.66. The number of carbonyl (C=O) groups is 1. The van der Waals surface area contributed by atoms with Crippen molar-refractivity contribution in [2.24, 2.45) is 0 Å². The van der Waals surface area contributed by atoms with Crippen LogP contribution in [0.1, 0.15) is 16.1 Å². The minimum atomic E-state index is -0.444. The zero-order chi connectivity index (χ0) is 22.0. The van der Waals surface area contributed by atoms with Crippen LogP contribution in [0.3, 0.4) is 0 Å². The standard InChI is InChI=1S/C23H23N5O3/c1-16-20(23(29)27-14-12-26(2)13-15-27)21(17-8-10-19(11-9-17)28(30)31)25-22(24-16)18-6-4-3-5-7-18/h3-11H,12-15H2,1-2H3. The molecule has 1 aliphatic rings. The maximum Gasteiger partial charge on any atom is 0.269 e. The number of aromatic nitrogens is 2. The molecule has 158 valence electrons. The van der Waals surface area contributed by atoms with Gasteiger partial charge in [0.2, 0.25) is 0 Å². The minimum Gasteiger partial charge on any atom is -0.336 e. The number of nitro groups is 1. The molecule has 1 amide bonds. The van der Waals surface area contributed by atoms with Gasteiger partial charge in [0.05, 0.1) is 21.9 Å². The molecule has 1 fully saturated rings. The highest BCUT2D eigenvalue weighted by Gasteiger charge is 2.27. The van der Waals surface area contributed by atoms with Crippen molar-refractivity contribution in [3.63, 3.8) is 0 Å². The van der Waals surface area contributed by atoms with Crippen LogP contribution in [0.15, 0.2) is 54.6 Å². The molecular weight excluding hydrogens is 394 g/mol. The third kappa shape index (κ3) is 4.29. The lowest BCUT2D eigenvalue weighted by atomic mass is 10.0. The predicted molar refractivity (Wildman–Crippen MR) is 118 cm³/mol. The molecule has 1 saturated heterocycles. The van der Waals surface area contributed by atoms with Gasteiger partial charge in [0, 0.05) is 49.4 Å². The molecule has 2 heterocycles. The molecule has 0 saturated carbocycles. The molecule has 0 N–H and O–H groups in total. The Kier molecular flexibility index (Phi) is 5.73. The molecular formula is C23H23N5O3. The van der Waals surface area contributed by atoms with E-state index in [1.165, 1.54) is 12.1 Å². The molecule has 8 heteroatoms. The van der Waals surface area contributed by atoms with E-state index in [-0.39, 0.29) is 11.6 Å². The largest absolute Gasteiger partial charge is 0.336 e. The molecule has 3 aromatic rings. The maximum atomic E-state index is 13.5. The molecule has 0 spiro atoms. The van der Waals surface area contributed by atoms with Crippen molar-refractivity contribution in [2.45, 2.75) is 6.92 Å². The van der Waals surface area contributed by atoms with Gasteiger partial charge in [0.1, 0.15) is 0 Å². The predicted octanol–water partition coefficient (Wildman–Crippen LogP) is 3.41. The van der Waals surface area contributed by atoms with Gasteiger partial charge in [-0.2, -0.15) is 0 Å². The van der Waals surface area contributed by atoms with Crippen LogP contribution in [-0.4, -0.2) is 63.8 Å². The van der Waals surface area contributed by atoms with Crippen LogP contribution in [-0.2, 0) is 0 Å². The van der Waals surface area contributed by atoms with E-state index in [1.807, 2.05) is 49.2 Å². The Hall–Kier alpha value is -3.65. The highest BCUT2D eigenvalue weighted by atomic mass is 16.6. The van der Waals surface area contributed by atoms with Gasteiger partial charge in [0.15, 0.2) is 5.82 Å². The second kappa shape index (κ2) is 8.61. The average molecular weight is 417 g/mol. The number of hydrogen-bond donors (Lipinski definition) is 0.